The van der Waals surface area contributed by atoms with Crippen molar-refractivity contribution in [1.82, 2.24) is 15.1 Å². The van der Waals surface area contributed by atoms with E-state index < -0.39 is 11.8 Å². The molecule has 0 unspecified atom stereocenters. The summed E-state index contributed by atoms with van der Waals surface area (Å²) < 4.78 is 14.8. The molecule has 2 aromatic carbocycles. The minimum Gasteiger partial charge on any atom is -0.338 e. The lowest BCUT2D eigenvalue weighted by atomic mass is 9.97. The van der Waals surface area contributed by atoms with Crippen molar-refractivity contribution in [2.45, 2.75) is 54.1 Å². The number of nitrogens with zero attached hydrogens (tertiary/aromatic N) is 3. The molecule has 4 amide bonds. The Morgan fingerprint density at radius 1 is 1.03 bits per heavy atom. The van der Waals surface area contributed by atoms with Gasteiger partial charge in [-0.05, 0) is 61.6 Å². The summed E-state index contributed by atoms with van der Waals surface area (Å²) in [4.78, 5) is 45.8. The Morgan fingerprint density at radius 2 is 1.77 bits per heavy atom. The van der Waals surface area contributed by atoms with Crippen LogP contribution >= 0.6 is 0 Å². The monoisotopic (exact) mass is 537 g/mol. The minimum absolute atomic E-state index is 0.0261. The fourth-order valence-corrected chi connectivity index (χ4v) is 4.56. The molecule has 0 aromatic heterocycles. The molecule has 1 heterocycles. The van der Waals surface area contributed by atoms with Crippen LogP contribution in [0, 0.1) is 17.7 Å². The molecule has 0 bridgehead atoms. The second kappa shape index (κ2) is 13.5. The number of anilines is 1. The number of carbonyl (C=O) groups is 3. The molecule has 8 nitrogen and oxygen atoms in total. The molecule has 1 fully saturated rings. The Kier molecular flexibility index (Phi) is 10.3. The summed E-state index contributed by atoms with van der Waals surface area (Å²) in [5, 5.41) is 5.18. The number of halogens is 1. The molecule has 9 heteroatoms. The topological polar surface area (TPSA) is 94.1 Å². The van der Waals surface area contributed by atoms with Crippen molar-refractivity contribution in [3.8, 4) is 0 Å². The van der Waals surface area contributed by atoms with Gasteiger partial charge in [0.05, 0.1) is 5.69 Å². The quantitative estimate of drug-likeness (QED) is 0.452. The van der Waals surface area contributed by atoms with Crippen LogP contribution in [-0.4, -0.2) is 65.6 Å². The molecule has 0 radical (unpaired) electrons. The number of aliphatic imine (C=N–C) groups is 1. The summed E-state index contributed by atoms with van der Waals surface area (Å²) in [5.41, 5.74) is 2.55. The molecule has 0 spiro atoms. The van der Waals surface area contributed by atoms with Crippen LogP contribution in [0.4, 0.5) is 14.9 Å². The summed E-state index contributed by atoms with van der Waals surface area (Å²) in [7, 11) is 0. The largest absolute Gasteiger partial charge is 0.338 e. The van der Waals surface area contributed by atoms with Crippen LogP contribution in [0.25, 0.3) is 0 Å². The highest BCUT2D eigenvalue weighted by Crippen LogP contribution is 2.23. The number of rotatable bonds is 8. The lowest BCUT2D eigenvalue weighted by molar-refractivity contribution is 0.0342. The van der Waals surface area contributed by atoms with Gasteiger partial charge < -0.3 is 15.5 Å². The van der Waals surface area contributed by atoms with Gasteiger partial charge in [0, 0.05) is 55.6 Å². The van der Waals surface area contributed by atoms with Gasteiger partial charge in [-0.1, -0.05) is 39.8 Å². The highest BCUT2D eigenvalue weighted by atomic mass is 19.1. The summed E-state index contributed by atoms with van der Waals surface area (Å²) in [6, 6.07) is 11.3. The maximum atomic E-state index is 14.8. The van der Waals surface area contributed by atoms with Gasteiger partial charge in [0.1, 0.15) is 5.82 Å². The fourth-order valence-electron chi connectivity index (χ4n) is 4.56. The lowest BCUT2D eigenvalue weighted by Crippen LogP contribution is -2.56. The first kappa shape index (κ1) is 30.0. The van der Waals surface area contributed by atoms with Crippen molar-refractivity contribution in [3.63, 3.8) is 0 Å². The van der Waals surface area contributed by atoms with E-state index in [2.05, 4.69) is 34.4 Å². The summed E-state index contributed by atoms with van der Waals surface area (Å²) in [6.45, 7) is 14.5. The smallest absolute Gasteiger partial charge is 0.319 e. The highest BCUT2D eigenvalue weighted by molar-refractivity contribution is 6.02. The minimum atomic E-state index is -0.656. The molecule has 39 heavy (non-hydrogen) atoms. The van der Waals surface area contributed by atoms with E-state index in [1.54, 1.807) is 30.9 Å². The van der Waals surface area contributed by atoms with Gasteiger partial charge in [-0.25, -0.2) is 14.2 Å². The summed E-state index contributed by atoms with van der Waals surface area (Å²) in [6.07, 6.45) is 0. The first-order chi connectivity index (χ1) is 18.4. The Hall–Kier alpha value is -3.59. The van der Waals surface area contributed by atoms with Gasteiger partial charge >= 0.3 is 6.03 Å². The van der Waals surface area contributed by atoms with Crippen LogP contribution in [-0.2, 0) is 6.54 Å². The molecule has 2 N–H and O–H groups in total. The Balaban J connectivity index is 1.67. The van der Waals surface area contributed by atoms with Crippen molar-refractivity contribution in [3.05, 3.63) is 65.0 Å². The number of piperazine rings is 1. The van der Waals surface area contributed by atoms with Gasteiger partial charge in [0.25, 0.3) is 11.8 Å². The third-order valence-electron chi connectivity index (χ3n) is 6.61. The first-order valence-corrected chi connectivity index (χ1v) is 13.5. The van der Waals surface area contributed by atoms with Crippen molar-refractivity contribution >= 4 is 29.2 Å². The number of urea groups is 1. The molecule has 0 saturated carbocycles. The van der Waals surface area contributed by atoms with Gasteiger partial charge in [-0.2, -0.15) is 0 Å². The summed E-state index contributed by atoms with van der Waals surface area (Å²) in [5.74, 6) is -0.607. The Labute approximate surface area is 230 Å². The molecule has 2 aromatic rings. The van der Waals surface area contributed by atoms with Gasteiger partial charge in [0.15, 0.2) is 0 Å². The predicted octanol–water partition coefficient (Wildman–Crippen LogP) is 5.21. The Morgan fingerprint density at radius 3 is 2.41 bits per heavy atom. The van der Waals surface area contributed by atoms with E-state index in [0.717, 1.165) is 5.56 Å². The zero-order chi connectivity index (χ0) is 28.7. The molecule has 1 atom stereocenters. The van der Waals surface area contributed by atoms with Gasteiger partial charge in [0.2, 0.25) is 0 Å². The van der Waals surface area contributed by atoms with Crippen molar-refractivity contribution < 1.29 is 18.8 Å². The number of nitrogens with one attached hydrogen (secondary N) is 2. The SMILES string of the molecule is CC(C)=NC(=O)c1cccc(CN2CCN(C(=O)c3ccc(NC(=O)NCC(C)C)c(F)c3)C[C@@H]2C(C)C)c1. The average Bonchev–Trinajstić information content (AvgIpc) is 2.88. The van der Waals surface area contributed by atoms with Crippen LogP contribution in [0.15, 0.2) is 47.5 Å². The zero-order valence-electron chi connectivity index (χ0n) is 23.8. The van der Waals surface area contributed by atoms with Crippen LogP contribution < -0.4 is 10.6 Å². The van der Waals surface area contributed by atoms with E-state index >= 15 is 0 Å². The molecule has 210 valence electrons. The van der Waals surface area contributed by atoms with Crippen LogP contribution in [0.3, 0.4) is 0 Å². The Bertz CT molecular complexity index is 1220. The number of hydrogen-bond donors (Lipinski definition) is 2. The van der Waals surface area contributed by atoms with E-state index in [1.165, 1.54) is 12.1 Å². The number of hydrogen-bond acceptors (Lipinski definition) is 4. The second-order valence-electron chi connectivity index (χ2n) is 11.0. The first-order valence-electron chi connectivity index (χ1n) is 13.5. The van der Waals surface area contributed by atoms with Crippen molar-refractivity contribution in [2.24, 2.45) is 16.8 Å². The van der Waals surface area contributed by atoms with E-state index in [0.29, 0.717) is 44.0 Å². The van der Waals surface area contributed by atoms with Crippen molar-refractivity contribution in [1.29, 1.82) is 0 Å². The van der Waals surface area contributed by atoms with Crippen LogP contribution in [0.1, 0.15) is 67.8 Å². The lowest BCUT2D eigenvalue weighted by Gasteiger charge is -2.43. The number of amides is 4. The normalized spacial score (nSPS) is 15.8. The van der Waals surface area contributed by atoms with Gasteiger partial charge in [-0.3, -0.25) is 14.5 Å². The van der Waals surface area contributed by atoms with E-state index in [9.17, 15) is 18.8 Å². The van der Waals surface area contributed by atoms with Gasteiger partial charge in [-0.15, -0.1) is 0 Å². The highest BCUT2D eigenvalue weighted by Gasteiger charge is 2.32. The van der Waals surface area contributed by atoms with Crippen molar-refractivity contribution in [2.75, 3.05) is 31.5 Å². The van der Waals surface area contributed by atoms with E-state index in [1.807, 2.05) is 32.0 Å². The molecule has 0 aliphatic carbocycles. The van der Waals surface area contributed by atoms with Crippen LogP contribution in [0.5, 0.6) is 0 Å². The van der Waals surface area contributed by atoms with E-state index in [4.69, 9.17) is 0 Å². The van der Waals surface area contributed by atoms with Crippen LogP contribution in [0.2, 0.25) is 0 Å². The second-order valence-corrected chi connectivity index (χ2v) is 11.0. The third kappa shape index (κ3) is 8.45. The molecule has 3 rings (SSSR count). The third-order valence-corrected chi connectivity index (χ3v) is 6.61. The number of benzene rings is 2. The molecule has 1 aliphatic heterocycles. The zero-order valence-corrected chi connectivity index (χ0v) is 23.8. The standard InChI is InChI=1S/C30H40FN5O3/c1-19(2)16-32-30(39)34-26-11-10-24(15-25(26)31)29(38)36-13-12-35(27(18-36)20(3)4)17-22-8-7-9-23(14-22)28(37)33-21(5)6/h7-11,14-15,19-20,27H,12-13,16-18H2,1-6H3,(H2,32,34,39)/t27-/m1/s1. The fraction of sp³-hybridized carbons (Fsp3) is 0.467. The molecular formula is C30H40FN5O3. The maximum absolute atomic E-state index is 14.8. The number of carbonyl (C=O) groups excluding carboxylic acids is 3. The summed E-state index contributed by atoms with van der Waals surface area (Å²) >= 11 is 0. The molecular weight excluding hydrogens is 497 g/mol. The van der Waals surface area contributed by atoms with E-state index in [-0.39, 0.29) is 40.9 Å². The maximum Gasteiger partial charge on any atom is 0.319 e. The molecule has 1 aliphatic rings. The predicted molar refractivity (Wildman–Crippen MR) is 153 cm³/mol. The average molecular weight is 538 g/mol. The molecule has 1 saturated heterocycles.